The van der Waals surface area contributed by atoms with Crippen molar-refractivity contribution < 1.29 is 14.0 Å². The smallest absolute Gasteiger partial charge is 0.230 e. The highest BCUT2D eigenvalue weighted by molar-refractivity contribution is 7.14. The zero-order chi connectivity index (χ0) is 21.1. The zero-order valence-corrected chi connectivity index (χ0v) is 16.9. The van der Waals surface area contributed by atoms with Crippen LogP contribution in [0.5, 0.6) is 0 Å². The number of thiazole rings is 1. The molecule has 3 aromatic carbocycles. The standard InChI is InChI=1S/C23H18FN3O2S/c1-14(28)25-18-8-9-19(20(24)12-18)21-13-30-23(26-21)27-22(29)11-15-6-7-16-4-2-3-5-17(16)10-15/h2-10,12-13H,11H2,1H3,(H,25,28)(H,26,27,29). The Kier molecular flexibility index (Phi) is 5.54. The molecule has 0 atom stereocenters. The molecule has 0 aliphatic rings. The number of benzene rings is 3. The van der Waals surface area contributed by atoms with E-state index in [0.717, 1.165) is 16.3 Å². The van der Waals surface area contributed by atoms with Crippen LogP contribution in [0.1, 0.15) is 12.5 Å². The van der Waals surface area contributed by atoms with E-state index in [4.69, 9.17) is 0 Å². The Labute approximate surface area is 176 Å². The van der Waals surface area contributed by atoms with Gasteiger partial charge < -0.3 is 10.6 Å². The van der Waals surface area contributed by atoms with E-state index in [1.165, 1.54) is 24.3 Å². The molecule has 0 bridgehead atoms. The third-order valence-electron chi connectivity index (χ3n) is 4.49. The second-order valence-electron chi connectivity index (χ2n) is 6.82. The van der Waals surface area contributed by atoms with Crippen molar-refractivity contribution in [2.45, 2.75) is 13.3 Å². The van der Waals surface area contributed by atoms with Gasteiger partial charge in [-0.1, -0.05) is 42.5 Å². The second kappa shape index (κ2) is 8.42. The van der Waals surface area contributed by atoms with Crippen LogP contribution in [0, 0.1) is 5.82 Å². The maximum Gasteiger partial charge on any atom is 0.230 e. The molecule has 0 spiro atoms. The number of nitrogens with zero attached hydrogens (tertiary/aromatic N) is 1. The Hall–Kier alpha value is -3.58. The van der Waals surface area contributed by atoms with Gasteiger partial charge in [-0.05, 0) is 34.5 Å². The van der Waals surface area contributed by atoms with Crippen LogP contribution in [0.25, 0.3) is 22.0 Å². The monoisotopic (exact) mass is 419 g/mol. The molecular weight excluding hydrogens is 401 g/mol. The van der Waals surface area contributed by atoms with Gasteiger partial charge in [-0.3, -0.25) is 9.59 Å². The van der Waals surface area contributed by atoms with Crippen LogP contribution < -0.4 is 10.6 Å². The van der Waals surface area contributed by atoms with Crippen LogP contribution in [0.4, 0.5) is 15.2 Å². The molecule has 30 heavy (non-hydrogen) atoms. The van der Waals surface area contributed by atoms with E-state index in [9.17, 15) is 14.0 Å². The number of aromatic nitrogens is 1. The number of anilines is 2. The predicted molar refractivity (Wildman–Crippen MR) is 118 cm³/mol. The Balaban J connectivity index is 1.45. The van der Waals surface area contributed by atoms with Crippen molar-refractivity contribution in [1.29, 1.82) is 0 Å². The van der Waals surface area contributed by atoms with Crippen LogP contribution in [-0.2, 0) is 16.0 Å². The number of fused-ring (bicyclic) bond motifs is 1. The summed E-state index contributed by atoms with van der Waals surface area (Å²) in [7, 11) is 0. The summed E-state index contributed by atoms with van der Waals surface area (Å²) in [6.45, 7) is 1.36. The summed E-state index contributed by atoms with van der Waals surface area (Å²) in [6, 6.07) is 18.3. The molecule has 2 amide bonds. The molecule has 4 aromatic rings. The van der Waals surface area contributed by atoms with Crippen molar-refractivity contribution >= 4 is 44.7 Å². The number of rotatable bonds is 5. The summed E-state index contributed by atoms with van der Waals surface area (Å²) < 4.78 is 14.4. The van der Waals surface area contributed by atoms with E-state index >= 15 is 0 Å². The van der Waals surface area contributed by atoms with Gasteiger partial charge in [-0.2, -0.15) is 0 Å². The van der Waals surface area contributed by atoms with Crippen molar-refractivity contribution in [3.63, 3.8) is 0 Å². The van der Waals surface area contributed by atoms with E-state index in [1.807, 2.05) is 42.5 Å². The molecule has 0 saturated carbocycles. The van der Waals surface area contributed by atoms with E-state index < -0.39 is 5.82 Å². The number of halogens is 1. The summed E-state index contributed by atoms with van der Waals surface area (Å²) in [4.78, 5) is 27.8. The minimum Gasteiger partial charge on any atom is -0.326 e. The Morgan fingerprint density at radius 1 is 1.00 bits per heavy atom. The van der Waals surface area contributed by atoms with Crippen molar-refractivity contribution in [1.82, 2.24) is 4.98 Å². The van der Waals surface area contributed by atoms with Crippen LogP contribution in [-0.4, -0.2) is 16.8 Å². The van der Waals surface area contributed by atoms with Gasteiger partial charge in [0.05, 0.1) is 12.1 Å². The Morgan fingerprint density at radius 2 is 1.80 bits per heavy atom. The molecule has 0 fully saturated rings. The number of carbonyl (C=O) groups excluding carboxylic acids is 2. The van der Waals surface area contributed by atoms with Gasteiger partial charge in [-0.25, -0.2) is 9.37 Å². The second-order valence-corrected chi connectivity index (χ2v) is 7.68. The topological polar surface area (TPSA) is 71.1 Å². The number of hydrogen-bond acceptors (Lipinski definition) is 4. The van der Waals surface area contributed by atoms with Crippen molar-refractivity contribution in [2.75, 3.05) is 10.6 Å². The van der Waals surface area contributed by atoms with Gasteiger partial charge in [-0.15, -0.1) is 11.3 Å². The first-order chi connectivity index (χ1) is 14.5. The number of nitrogens with one attached hydrogen (secondary N) is 2. The van der Waals surface area contributed by atoms with E-state index in [1.54, 1.807) is 17.5 Å². The lowest BCUT2D eigenvalue weighted by Gasteiger charge is -2.05. The minimum absolute atomic E-state index is 0.187. The summed E-state index contributed by atoms with van der Waals surface area (Å²) in [6.07, 6.45) is 0.222. The molecule has 5 nitrogen and oxygen atoms in total. The predicted octanol–water partition coefficient (Wildman–Crippen LogP) is 5.24. The molecule has 1 heterocycles. The normalized spacial score (nSPS) is 10.7. The van der Waals surface area contributed by atoms with Crippen LogP contribution in [0.3, 0.4) is 0 Å². The molecule has 4 rings (SSSR count). The van der Waals surface area contributed by atoms with Gasteiger partial charge in [0.1, 0.15) is 5.82 Å². The van der Waals surface area contributed by atoms with Gasteiger partial charge >= 0.3 is 0 Å². The summed E-state index contributed by atoms with van der Waals surface area (Å²) in [5.74, 6) is -0.958. The van der Waals surface area contributed by atoms with Gasteiger partial charge in [0.25, 0.3) is 0 Å². The highest BCUT2D eigenvalue weighted by atomic mass is 32.1. The van der Waals surface area contributed by atoms with Crippen LogP contribution in [0.15, 0.2) is 66.0 Å². The molecule has 2 N–H and O–H groups in total. The fraction of sp³-hybridized carbons (Fsp3) is 0.0870. The summed E-state index contributed by atoms with van der Waals surface area (Å²) >= 11 is 1.23. The lowest BCUT2D eigenvalue weighted by Crippen LogP contribution is -2.14. The average molecular weight is 419 g/mol. The zero-order valence-electron chi connectivity index (χ0n) is 16.1. The van der Waals surface area contributed by atoms with Crippen molar-refractivity contribution in [3.05, 3.63) is 77.4 Å². The minimum atomic E-state index is -0.499. The Morgan fingerprint density at radius 3 is 2.57 bits per heavy atom. The average Bonchev–Trinajstić information content (AvgIpc) is 3.15. The quantitative estimate of drug-likeness (QED) is 0.465. The van der Waals surface area contributed by atoms with Crippen molar-refractivity contribution in [2.24, 2.45) is 0 Å². The summed E-state index contributed by atoms with van der Waals surface area (Å²) in [5.41, 5.74) is 2.01. The van der Waals surface area contributed by atoms with Crippen LogP contribution >= 0.6 is 11.3 Å². The molecule has 1 aromatic heterocycles. The highest BCUT2D eigenvalue weighted by Gasteiger charge is 2.13. The van der Waals surface area contributed by atoms with E-state index in [0.29, 0.717) is 22.1 Å². The lowest BCUT2D eigenvalue weighted by atomic mass is 10.1. The maximum absolute atomic E-state index is 14.4. The Bertz CT molecular complexity index is 1250. The first kappa shape index (κ1) is 19.7. The molecule has 0 aliphatic heterocycles. The van der Waals surface area contributed by atoms with Gasteiger partial charge in [0, 0.05) is 23.6 Å². The first-order valence-corrected chi connectivity index (χ1v) is 10.2. The first-order valence-electron chi connectivity index (χ1n) is 9.28. The number of amides is 2. The SMILES string of the molecule is CC(=O)Nc1ccc(-c2csc(NC(=O)Cc3ccc4ccccc4c3)n2)c(F)c1. The van der Waals surface area contributed by atoms with Gasteiger partial charge in [0.15, 0.2) is 5.13 Å². The van der Waals surface area contributed by atoms with Gasteiger partial charge in [0.2, 0.25) is 11.8 Å². The number of carbonyl (C=O) groups is 2. The molecule has 150 valence electrons. The molecule has 0 radical (unpaired) electrons. The van der Waals surface area contributed by atoms with Crippen LogP contribution in [0.2, 0.25) is 0 Å². The third kappa shape index (κ3) is 4.52. The third-order valence-corrected chi connectivity index (χ3v) is 5.25. The molecular formula is C23H18FN3O2S. The fourth-order valence-corrected chi connectivity index (χ4v) is 3.88. The number of hydrogen-bond donors (Lipinski definition) is 2. The molecule has 0 saturated heterocycles. The van der Waals surface area contributed by atoms with E-state index in [2.05, 4.69) is 15.6 Å². The highest BCUT2D eigenvalue weighted by Crippen LogP contribution is 2.29. The molecule has 0 unspecified atom stereocenters. The lowest BCUT2D eigenvalue weighted by molar-refractivity contribution is -0.116. The largest absolute Gasteiger partial charge is 0.326 e. The maximum atomic E-state index is 14.4. The fourth-order valence-electron chi connectivity index (χ4n) is 3.16. The van der Waals surface area contributed by atoms with Crippen molar-refractivity contribution in [3.8, 4) is 11.3 Å². The molecule has 0 aliphatic carbocycles. The molecule has 7 heteroatoms. The summed E-state index contributed by atoms with van der Waals surface area (Å²) in [5, 5.41) is 9.60. The van der Waals surface area contributed by atoms with E-state index in [-0.39, 0.29) is 18.2 Å².